The fourth-order valence-electron chi connectivity index (χ4n) is 4.32. The number of benzene rings is 3. The Morgan fingerprint density at radius 3 is 2.58 bits per heavy atom. The van der Waals surface area contributed by atoms with Crippen LogP contribution in [0.1, 0.15) is 39.7 Å². The first-order valence-corrected chi connectivity index (χ1v) is 12.5. The minimum atomic E-state index is -0.774. The van der Waals surface area contributed by atoms with Crippen LogP contribution in [0.3, 0.4) is 0 Å². The molecule has 5 aromatic rings. The van der Waals surface area contributed by atoms with Crippen molar-refractivity contribution in [2.75, 3.05) is 4.90 Å². The molecule has 0 saturated carbocycles. The highest BCUT2D eigenvalue weighted by Crippen LogP contribution is 2.43. The van der Waals surface area contributed by atoms with Crippen molar-refractivity contribution >= 4 is 44.9 Å². The van der Waals surface area contributed by atoms with Crippen molar-refractivity contribution in [1.29, 1.82) is 0 Å². The molecule has 9 heteroatoms. The van der Waals surface area contributed by atoms with Gasteiger partial charge in [-0.15, -0.1) is 10.2 Å². The summed E-state index contributed by atoms with van der Waals surface area (Å²) in [6, 6.07) is 20.7. The number of anilines is 1. The van der Waals surface area contributed by atoms with Crippen molar-refractivity contribution in [3.05, 3.63) is 110 Å². The third kappa shape index (κ3) is 3.75. The van der Waals surface area contributed by atoms with Crippen molar-refractivity contribution in [1.82, 2.24) is 10.2 Å². The number of carbonyl (C=O) groups excluding carboxylic acids is 1. The van der Waals surface area contributed by atoms with Crippen LogP contribution in [-0.2, 0) is 6.42 Å². The topological polar surface area (TPSA) is 85.5 Å². The van der Waals surface area contributed by atoms with E-state index in [4.69, 9.17) is 20.8 Å². The molecule has 0 spiro atoms. The lowest BCUT2D eigenvalue weighted by Gasteiger charge is -2.22. The molecule has 7 nitrogen and oxygen atoms in total. The number of hydrogen-bond acceptors (Lipinski definition) is 7. The van der Waals surface area contributed by atoms with E-state index in [0.29, 0.717) is 44.6 Å². The molecule has 3 heterocycles. The van der Waals surface area contributed by atoms with Crippen LogP contribution in [-0.4, -0.2) is 16.1 Å². The molecule has 36 heavy (non-hydrogen) atoms. The van der Waals surface area contributed by atoms with Gasteiger partial charge in [-0.25, -0.2) is 0 Å². The fraction of sp³-hybridized carbons (Fsp3) is 0.111. The van der Waals surface area contributed by atoms with E-state index in [0.717, 1.165) is 5.01 Å². The number of rotatable bonds is 5. The Morgan fingerprint density at radius 1 is 1.00 bits per heavy atom. The molecular formula is C27H18ClN3O4S. The molecule has 0 bridgehead atoms. The van der Waals surface area contributed by atoms with E-state index in [1.54, 1.807) is 18.2 Å². The van der Waals surface area contributed by atoms with Crippen molar-refractivity contribution in [3.8, 4) is 11.5 Å². The molecular weight excluding hydrogens is 498 g/mol. The zero-order valence-electron chi connectivity index (χ0n) is 19.0. The summed E-state index contributed by atoms with van der Waals surface area (Å²) in [6.07, 6.45) is 0.678. The van der Waals surface area contributed by atoms with Crippen LogP contribution < -0.4 is 15.1 Å². The molecule has 0 N–H and O–H groups in total. The quantitative estimate of drug-likeness (QED) is 0.269. The van der Waals surface area contributed by atoms with E-state index in [1.807, 2.05) is 61.5 Å². The predicted octanol–water partition coefficient (Wildman–Crippen LogP) is 6.40. The average Bonchev–Trinajstić information content (AvgIpc) is 3.48. The minimum Gasteiger partial charge on any atom is -0.457 e. The Kier molecular flexibility index (Phi) is 5.55. The summed E-state index contributed by atoms with van der Waals surface area (Å²) in [6.45, 7) is 1.97. The average molecular weight is 516 g/mol. The van der Waals surface area contributed by atoms with E-state index in [9.17, 15) is 9.59 Å². The maximum atomic E-state index is 13.8. The lowest BCUT2D eigenvalue weighted by atomic mass is 9.98. The molecule has 1 atom stereocenters. The molecule has 6 rings (SSSR count). The number of hydrogen-bond donors (Lipinski definition) is 0. The highest BCUT2D eigenvalue weighted by Gasteiger charge is 2.45. The highest BCUT2D eigenvalue weighted by molar-refractivity contribution is 7.15. The van der Waals surface area contributed by atoms with Gasteiger partial charge in [-0.05, 0) is 54.4 Å². The van der Waals surface area contributed by atoms with E-state index in [-0.39, 0.29) is 16.8 Å². The smallest absolute Gasteiger partial charge is 0.297 e. The van der Waals surface area contributed by atoms with Crippen LogP contribution in [0.4, 0.5) is 5.13 Å². The van der Waals surface area contributed by atoms with Gasteiger partial charge in [0.1, 0.15) is 22.1 Å². The molecule has 178 valence electrons. The van der Waals surface area contributed by atoms with E-state index in [2.05, 4.69) is 10.2 Å². The van der Waals surface area contributed by atoms with E-state index < -0.39 is 11.9 Å². The van der Waals surface area contributed by atoms with Gasteiger partial charge in [0.15, 0.2) is 5.43 Å². The molecule has 1 amide bonds. The number of halogens is 1. The van der Waals surface area contributed by atoms with Gasteiger partial charge in [-0.3, -0.25) is 14.5 Å². The Hall–Kier alpha value is -4.01. The van der Waals surface area contributed by atoms with Crippen molar-refractivity contribution in [3.63, 3.8) is 0 Å². The van der Waals surface area contributed by atoms with Gasteiger partial charge in [0.05, 0.1) is 17.0 Å². The summed E-state index contributed by atoms with van der Waals surface area (Å²) < 4.78 is 12.0. The van der Waals surface area contributed by atoms with Crippen molar-refractivity contribution in [2.45, 2.75) is 19.4 Å². The molecule has 0 aliphatic carbocycles. The maximum absolute atomic E-state index is 13.8. The Balaban J connectivity index is 1.55. The second kappa shape index (κ2) is 8.89. The van der Waals surface area contributed by atoms with Crippen LogP contribution in [0.2, 0.25) is 5.02 Å². The molecule has 0 fully saturated rings. The number of ether oxygens (including phenoxy) is 1. The minimum absolute atomic E-state index is 0.0116. The third-order valence-corrected chi connectivity index (χ3v) is 7.25. The number of nitrogens with zero attached hydrogens (tertiary/aromatic N) is 3. The monoisotopic (exact) mass is 515 g/mol. The zero-order valence-corrected chi connectivity index (χ0v) is 20.5. The number of aryl methyl sites for hydroxylation is 1. The largest absolute Gasteiger partial charge is 0.457 e. The van der Waals surface area contributed by atoms with Gasteiger partial charge >= 0.3 is 0 Å². The highest BCUT2D eigenvalue weighted by atomic mass is 35.5. The third-order valence-electron chi connectivity index (χ3n) is 5.95. The molecule has 1 unspecified atom stereocenters. The van der Waals surface area contributed by atoms with Crippen LogP contribution in [0.5, 0.6) is 11.5 Å². The number of carbonyl (C=O) groups is 1. The predicted molar refractivity (Wildman–Crippen MR) is 138 cm³/mol. The van der Waals surface area contributed by atoms with Crippen molar-refractivity contribution < 1.29 is 13.9 Å². The SMILES string of the molecule is CCc1nnc(N2C(=O)c3oc4ccc(Cl)cc4c(=O)c3C2c2cccc(Oc3ccccc3)c2)s1. The lowest BCUT2D eigenvalue weighted by molar-refractivity contribution is 0.0970. The standard InChI is InChI=1S/C27H18ClN3O4S/c1-2-21-29-30-27(36-21)31-23(15-7-6-10-18(13-15)34-17-8-4-3-5-9-17)22-24(32)19-14-16(28)11-12-20(19)35-25(22)26(31)33/h3-14,23H,2H2,1H3. The van der Waals surface area contributed by atoms with Gasteiger partial charge in [0.2, 0.25) is 10.9 Å². The molecule has 0 radical (unpaired) electrons. The zero-order chi connectivity index (χ0) is 24.8. The van der Waals surface area contributed by atoms with Gasteiger partial charge in [-0.2, -0.15) is 0 Å². The molecule has 1 aliphatic heterocycles. The van der Waals surface area contributed by atoms with Crippen LogP contribution in [0.25, 0.3) is 11.0 Å². The van der Waals surface area contributed by atoms with Crippen LogP contribution in [0.15, 0.2) is 82.0 Å². The Bertz CT molecular complexity index is 1680. The van der Waals surface area contributed by atoms with Gasteiger partial charge in [0, 0.05) is 5.02 Å². The van der Waals surface area contributed by atoms with Gasteiger partial charge < -0.3 is 9.15 Å². The Morgan fingerprint density at radius 2 is 1.81 bits per heavy atom. The number of fused-ring (bicyclic) bond motifs is 2. The van der Waals surface area contributed by atoms with E-state index >= 15 is 0 Å². The Labute approximate surface area is 214 Å². The van der Waals surface area contributed by atoms with Gasteiger partial charge in [0.25, 0.3) is 5.91 Å². The van der Waals surface area contributed by atoms with Crippen LogP contribution in [0, 0.1) is 0 Å². The van der Waals surface area contributed by atoms with Gasteiger partial charge in [-0.1, -0.05) is 60.2 Å². The molecule has 1 aliphatic rings. The first-order valence-electron chi connectivity index (χ1n) is 11.3. The summed E-state index contributed by atoms with van der Waals surface area (Å²) in [7, 11) is 0. The normalized spacial score (nSPS) is 14.9. The first-order chi connectivity index (χ1) is 17.5. The van der Waals surface area contributed by atoms with E-state index in [1.165, 1.54) is 16.2 Å². The summed E-state index contributed by atoms with van der Waals surface area (Å²) in [5, 5.41) is 10.3. The van der Waals surface area contributed by atoms with Crippen molar-refractivity contribution in [2.24, 2.45) is 0 Å². The fourth-order valence-corrected chi connectivity index (χ4v) is 5.29. The van der Waals surface area contributed by atoms with Crippen LogP contribution >= 0.6 is 22.9 Å². The lowest BCUT2D eigenvalue weighted by Crippen LogP contribution is -2.29. The molecule has 3 aromatic carbocycles. The summed E-state index contributed by atoms with van der Waals surface area (Å²) in [5.41, 5.74) is 0.895. The summed E-state index contributed by atoms with van der Waals surface area (Å²) in [5.74, 6) is 0.783. The summed E-state index contributed by atoms with van der Waals surface area (Å²) in [4.78, 5) is 28.9. The second-order valence-electron chi connectivity index (χ2n) is 8.21. The number of aromatic nitrogens is 2. The molecule has 2 aromatic heterocycles. The second-order valence-corrected chi connectivity index (χ2v) is 9.69. The number of amides is 1. The summed E-state index contributed by atoms with van der Waals surface area (Å²) >= 11 is 7.48. The molecule has 0 saturated heterocycles. The number of para-hydroxylation sites is 1. The first kappa shape index (κ1) is 22.5. The maximum Gasteiger partial charge on any atom is 0.297 e.